The predicted octanol–water partition coefficient (Wildman–Crippen LogP) is 7.75. The molecule has 0 bridgehead atoms. The number of para-hydroxylation sites is 2. The summed E-state index contributed by atoms with van der Waals surface area (Å²) < 4.78 is 2.43. The van der Waals surface area contributed by atoms with Crippen LogP contribution in [0.3, 0.4) is 0 Å². The second kappa shape index (κ2) is 9.76. The number of fused-ring (bicyclic) bond motifs is 2. The molecule has 0 aromatic heterocycles. The largest absolute Gasteiger partial charge is 0.347 e. The zero-order valence-electron chi connectivity index (χ0n) is 24.6. The first kappa shape index (κ1) is 26.3. The van der Waals surface area contributed by atoms with E-state index in [0.717, 1.165) is 19.4 Å². The van der Waals surface area contributed by atoms with Crippen molar-refractivity contribution in [1.29, 1.82) is 0 Å². The molecule has 0 unspecified atom stereocenters. The summed E-state index contributed by atoms with van der Waals surface area (Å²) in [6.45, 7) is 12.6. The molecule has 1 saturated carbocycles. The van der Waals surface area contributed by atoms with Crippen LogP contribution in [0, 0.1) is 0 Å². The van der Waals surface area contributed by atoms with Crippen molar-refractivity contribution in [2.24, 2.45) is 0 Å². The van der Waals surface area contributed by atoms with Crippen LogP contribution in [0.2, 0.25) is 0 Å². The summed E-state index contributed by atoms with van der Waals surface area (Å²) in [6.07, 6.45) is 13.0. The Morgan fingerprint density at radius 1 is 0.711 bits per heavy atom. The average Bonchev–Trinajstić information content (AvgIpc) is 3.23. The molecule has 2 aliphatic heterocycles. The molecule has 198 valence electrons. The number of hydrogen-bond acceptors (Lipinski definition) is 2. The lowest BCUT2D eigenvalue weighted by molar-refractivity contribution is -0.492. The minimum Gasteiger partial charge on any atom is -0.347 e. The molecule has 0 radical (unpaired) electrons. The molecule has 38 heavy (non-hydrogen) atoms. The van der Waals surface area contributed by atoms with E-state index in [0.29, 0.717) is 0 Å². The first-order chi connectivity index (χ1) is 18.1. The van der Waals surface area contributed by atoms with Gasteiger partial charge in [0.05, 0.1) is 0 Å². The molecule has 5 rings (SSSR count). The lowest BCUT2D eigenvalue weighted by atomic mass is 9.82. The van der Waals surface area contributed by atoms with Gasteiger partial charge in [-0.05, 0) is 61.6 Å². The standard InChI is InChI=1S/C35H44N3/c1-9-36(6)33-25(21-23-31-34(2,3)27-17-10-12-19-29(27)37(31)7)15-14-16-26(33)22-24-32-35(4,5)28-18-11-13-20-30(28)38(32)8/h10-13,17-24H,9,14-16H2,1-8H3/q+1. The Kier molecular flexibility index (Phi) is 6.75. The van der Waals surface area contributed by atoms with Gasteiger partial charge < -0.3 is 9.80 Å². The Labute approximate surface area is 230 Å². The second-order valence-electron chi connectivity index (χ2n) is 12.1. The van der Waals surface area contributed by atoms with Crippen LogP contribution < -0.4 is 9.80 Å². The summed E-state index contributed by atoms with van der Waals surface area (Å²) in [5, 5.41) is 0. The van der Waals surface area contributed by atoms with Gasteiger partial charge in [0.1, 0.15) is 13.6 Å². The van der Waals surface area contributed by atoms with Crippen LogP contribution in [0.1, 0.15) is 65.0 Å². The van der Waals surface area contributed by atoms with Crippen LogP contribution in [0.4, 0.5) is 11.4 Å². The van der Waals surface area contributed by atoms with Gasteiger partial charge in [0.15, 0.2) is 0 Å². The minimum absolute atomic E-state index is 0.00930. The molecule has 0 spiro atoms. The van der Waals surface area contributed by atoms with Gasteiger partial charge in [-0.3, -0.25) is 0 Å². The van der Waals surface area contributed by atoms with Gasteiger partial charge in [0.25, 0.3) is 0 Å². The summed E-state index contributed by atoms with van der Waals surface area (Å²) in [5.74, 6) is 0. The third-order valence-corrected chi connectivity index (χ3v) is 9.12. The molecule has 3 nitrogen and oxygen atoms in total. The number of rotatable bonds is 3. The number of hydrogen-bond donors (Lipinski definition) is 0. The molecule has 0 N–H and O–H groups in total. The summed E-state index contributed by atoms with van der Waals surface area (Å²) in [6, 6.07) is 17.6. The number of anilines is 2. The van der Waals surface area contributed by atoms with Crippen LogP contribution in [-0.2, 0) is 10.8 Å². The maximum Gasteiger partial charge on any atom is 0.206 e. The monoisotopic (exact) mass is 506 g/mol. The first-order valence-corrected chi connectivity index (χ1v) is 14.2. The van der Waals surface area contributed by atoms with Gasteiger partial charge in [-0.25, -0.2) is 4.58 Å². The zero-order chi connectivity index (χ0) is 27.2. The Balaban J connectivity index is 1.53. The van der Waals surface area contributed by atoms with E-state index in [9.17, 15) is 0 Å². The van der Waals surface area contributed by atoms with E-state index in [1.807, 2.05) is 0 Å². The molecule has 2 heterocycles. The van der Waals surface area contributed by atoms with E-state index >= 15 is 0 Å². The van der Waals surface area contributed by atoms with Gasteiger partial charge in [-0.15, -0.1) is 0 Å². The fraction of sp³-hybridized carbons (Fsp3) is 0.400. The second-order valence-corrected chi connectivity index (χ2v) is 12.1. The van der Waals surface area contributed by atoms with Crippen LogP contribution in [-0.4, -0.2) is 38.0 Å². The highest BCUT2D eigenvalue weighted by atomic mass is 15.2. The Hall–Kier alpha value is -3.33. The van der Waals surface area contributed by atoms with E-state index in [2.05, 4.69) is 143 Å². The predicted molar refractivity (Wildman–Crippen MR) is 164 cm³/mol. The maximum absolute atomic E-state index is 2.43. The first-order valence-electron chi connectivity index (χ1n) is 14.2. The number of allylic oxidation sites excluding steroid dienone is 8. The van der Waals surface area contributed by atoms with E-state index in [1.54, 1.807) is 0 Å². The average molecular weight is 507 g/mol. The summed E-state index contributed by atoms with van der Waals surface area (Å²) >= 11 is 0. The lowest BCUT2D eigenvalue weighted by Gasteiger charge is -2.25. The maximum atomic E-state index is 2.43. The topological polar surface area (TPSA) is 9.49 Å². The van der Waals surface area contributed by atoms with Crippen molar-refractivity contribution >= 4 is 17.1 Å². The minimum atomic E-state index is -0.00930. The van der Waals surface area contributed by atoms with Crippen molar-refractivity contribution in [3.63, 3.8) is 0 Å². The molecular weight excluding hydrogens is 462 g/mol. The van der Waals surface area contributed by atoms with Crippen molar-refractivity contribution in [3.8, 4) is 0 Å². The fourth-order valence-corrected chi connectivity index (χ4v) is 6.85. The van der Waals surface area contributed by atoms with Crippen molar-refractivity contribution in [2.75, 3.05) is 37.5 Å². The summed E-state index contributed by atoms with van der Waals surface area (Å²) in [5.41, 5.74) is 12.4. The summed E-state index contributed by atoms with van der Waals surface area (Å²) in [7, 11) is 6.65. The van der Waals surface area contributed by atoms with Crippen LogP contribution in [0.15, 0.2) is 95.4 Å². The zero-order valence-corrected chi connectivity index (χ0v) is 24.6. The normalized spacial score (nSPS) is 24.1. The molecule has 0 amide bonds. The SMILES string of the molecule is CC[N+](C)=C1/C(=C/C=C2/N(C)c3ccccc3C2(C)C)CCC/C1=C\C=C1\N(C)c2ccccc2C1(C)C. The molecule has 0 atom stereocenters. The Morgan fingerprint density at radius 2 is 1.13 bits per heavy atom. The van der Waals surface area contributed by atoms with Crippen LogP contribution >= 0.6 is 0 Å². The highest BCUT2D eigenvalue weighted by Gasteiger charge is 2.39. The van der Waals surface area contributed by atoms with Gasteiger partial charge in [0.2, 0.25) is 5.71 Å². The highest BCUT2D eigenvalue weighted by Crippen LogP contribution is 2.48. The number of likely N-dealkylation sites (N-methyl/N-ethyl adjacent to an activating group) is 2. The molecule has 1 fully saturated rings. The quantitative estimate of drug-likeness (QED) is 0.394. The van der Waals surface area contributed by atoms with E-state index in [4.69, 9.17) is 0 Å². The van der Waals surface area contributed by atoms with Gasteiger partial charge in [0, 0.05) is 58.8 Å². The van der Waals surface area contributed by atoms with Gasteiger partial charge in [-0.1, -0.05) is 76.2 Å². The van der Waals surface area contributed by atoms with Crippen molar-refractivity contribution in [2.45, 2.75) is 64.7 Å². The highest BCUT2D eigenvalue weighted by molar-refractivity contribution is 6.10. The smallest absolute Gasteiger partial charge is 0.206 e. The van der Waals surface area contributed by atoms with Crippen molar-refractivity contribution in [1.82, 2.24) is 0 Å². The molecular formula is C35H44N3+. The van der Waals surface area contributed by atoms with Crippen molar-refractivity contribution < 1.29 is 4.58 Å². The third-order valence-electron chi connectivity index (χ3n) is 9.12. The fourth-order valence-electron chi connectivity index (χ4n) is 6.85. The Bertz CT molecular complexity index is 1310. The van der Waals surface area contributed by atoms with Crippen molar-refractivity contribution in [3.05, 3.63) is 107 Å². The molecule has 0 saturated heterocycles. The van der Waals surface area contributed by atoms with E-state index in [1.165, 1.54) is 57.2 Å². The lowest BCUT2D eigenvalue weighted by Crippen LogP contribution is -2.26. The molecule has 2 aromatic carbocycles. The number of nitrogens with zero attached hydrogens (tertiary/aromatic N) is 3. The van der Waals surface area contributed by atoms with E-state index in [-0.39, 0.29) is 10.8 Å². The van der Waals surface area contributed by atoms with E-state index < -0.39 is 0 Å². The summed E-state index contributed by atoms with van der Waals surface area (Å²) in [4.78, 5) is 4.74. The number of benzene rings is 2. The molecule has 3 aliphatic rings. The van der Waals surface area contributed by atoms with Crippen LogP contribution in [0.5, 0.6) is 0 Å². The Morgan fingerprint density at radius 3 is 1.53 bits per heavy atom. The molecule has 2 aromatic rings. The third kappa shape index (κ3) is 4.17. The van der Waals surface area contributed by atoms with Gasteiger partial charge >= 0.3 is 0 Å². The molecule has 1 aliphatic carbocycles. The molecule has 3 heteroatoms. The van der Waals surface area contributed by atoms with Crippen LogP contribution in [0.25, 0.3) is 0 Å². The van der Waals surface area contributed by atoms with Gasteiger partial charge in [-0.2, -0.15) is 0 Å².